The van der Waals surface area contributed by atoms with E-state index in [9.17, 15) is 4.79 Å². The quantitative estimate of drug-likeness (QED) is 0.780. The van der Waals surface area contributed by atoms with Gasteiger partial charge in [-0.15, -0.1) is 11.3 Å². The van der Waals surface area contributed by atoms with Crippen molar-refractivity contribution < 1.29 is 9.21 Å². The Morgan fingerprint density at radius 2 is 2.14 bits per heavy atom. The summed E-state index contributed by atoms with van der Waals surface area (Å²) < 4.78 is 5.03. The minimum atomic E-state index is -0.144. The van der Waals surface area contributed by atoms with E-state index >= 15 is 0 Å². The van der Waals surface area contributed by atoms with Gasteiger partial charge >= 0.3 is 0 Å². The van der Waals surface area contributed by atoms with Crippen LogP contribution >= 0.6 is 11.3 Å². The van der Waals surface area contributed by atoms with Crippen LogP contribution in [-0.2, 0) is 6.42 Å². The molecule has 0 unspecified atom stereocenters. The second-order valence-corrected chi connectivity index (χ2v) is 5.97. The van der Waals surface area contributed by atoms with Crippen LogP contribution in [0, 0.1) is 0 Å². The summed E-state index contributed by atoms with van der Waals surface area (Å²) in [7, 11) is 0. The van der Waals surface area contributed by atoms with Crippen LogP contribution in [0.25, 0.3) is 10.6 Å². The lowest BCUT2D eigenvalue weighted by molar-refractivity contribution is 0.0936. The van der Waals surface area contributed by atoms with E-state index in [2.05, 4.69) is 10.3 Å². The van der Waals surface area contributed by atoms with E-state index in [0.29, 0.717) is 5.69 Å². The minimum absolute atomic E-state index is 0.0203. The lowest BCUT2D eigenvalue weighted by Crippen LogP contribution is -2.34. The number of hydrogen-bond donors (Lipinski definition) is 1. The third-order valence-corrected chi connectivity index (χ3v) is 4.15. The molecule has 4 nitrogen and oxygen atoms in total. The van der Waals surface area contributed by atoms with Gasteiger partial charge in [-0.1, -0.05) is 30.3 Å². The van der Waals surface area contributed by atoms with Crippen LogP contribution in [0.4, 0.5) is 0 Å². The first-order valence-electron chi connectivity index (χ1n) is 7.05. The molecule has 22 heavy (non-hydrogen) atoms. The maximum atomic E-state index is 12.2. The highest BCUT2D eigenvalue weighted by atomic mass is 32.1. The fourth-order valence-electron chi connectivity index (χ4n) is 2.20. The SMILES string of the molecule is C[C@H](Cc1ccoc1)NC(=O)c1csc(-c2ccccc2)n1. The molecule has 1 aromatic carbocycles. The number of rotatable bonds is 5. The van der Waals surface area contributed by atoms with Crippen molar-refractivity contribution in [2.75, 3.05) is 0 Å². The first-order chi connectivity index (χ1) is 10.7. The van der Waals surface area contributed by atoms with Crippen LogP contribution in [0.15, 0.2) is 58.7 Å². The molecule has 0 radical (unpaired) electrons. The second-order valence-electron chi connectivity index (χ2n) is 5.11. The predicted octanol–water partition coefficient (Wildman–Crippen LogP) is 3.76. The number of amides is 1. The molecule has 0 aliphatic rings. The van der Waals surface area contributed by atoms with E-state index in [1.165, 1.54) is 11.3 Å². The molecule has 0 aliphatic heterocycles. The summed E-state index contributed by atoms with van der Waals surface area (Å²) in [5.41, 5.74) is 2.55. The highest BCUT2D eigenvalue weighted by Gasteiger charge is 2.14. The van der Waals surface area contributed by atoms with Crippen LogP contribution < -0.4 is 5.32 Å². The smallest absolute Gasteiger partial charge is 0.270 e. The van der Waals surface area contributed by atoms with E-state index in [4.69, 9.17) is 4.42 Å². The lowest BCUT2D eigenvalue weighted by Gasteiger charge is -2.11. The van der Waals surface area contributed by atoms with E-state index in [0.717, 1.165) is 22.6 Å². The molecular weight excluding hydrogens is 296 g/mol. The summed E-state index contributed by atoms with van der Waals surface area (Å²) in [6, 6.07) is 11.8. The van der Waals surface area contributed by atoms with Crippen molar-refractivity contribution in [1.29, 1.82) is 0 Å². The third-order valence-electron chi connectivity index (χ3n) is 3.26. The Labute approximate surface area is 132 Å². The molecule has 2 heterocycles. The van der Waals surface area contributed by atoms with Gasteiger partial charge in [0.05, 0.1) is 12.5 Å². The number of furan rings is 1. The summed E-state index contributed by atoms with van der Waals surface area (Å²) in [5.74, 6) is -0.144. The van der Waals surface area contributed by atoms with Crippen LogP contribution in [0.3, 0.4) is 0 Å². The van der Waals surface area contributed by atoms with Crippen molar-refractivity contribution in [3.8, 4) is 10.6 Å². The zero-order chi connectivity index (χ0) is 15.4. The molecule has 5 heteroatoms. The fraction of sp³-hybridized carbons (Fsp3) is 0.176. The van der Waals surface area contributed by atoms with Gasteiger partial charge in [-0.05, 0) is 25.0 Å². The number of thiazole rings is 1. The van der Waals surface area contributed by atoms with Crippen molar-refractivity contribution in [3.05, 3.63) is 65.6 Å². The Morgan fingerprint density at radius 1 is 1.32 bits per heavy atom. The first-order valence-corrected chi connectivity index (χ1v) is 7.93. The average Bonchev–Trinajstić information content (AvgIpc) is 3.19. The van der Waals surface area contributed by atoms with E-state index in [-0.39, 0.29) is 11.9 Å². The van der Waals surface area contributed by atoms with Crippen molar-refractivity contribution in [2.24, 2.45) is 0 Å². The molecule has 3 aromatic rings. The molecule has 0 bridgehead atoms. The highest BCUT2D eigenvalue weighted by molar-refractivity contribution is 7.13. The van der Waals surface area contributed by atoms with Gasteiger partial charge in [-0.3, -0.25) is 4.79 Å². The highest BCUT2D eigenvalue weighted by Crippen LogP contribution is 2.23. The Morgan fingerprint density at radius 3 is 2.86 bits per heavy atom. The predicted molar refractivity (Wildman–Crippen MR) is 86.9 cm³/mol. The number of carbonyl (C=O) groups is 1. The standard InChI is InChI=1S/C17H16N2O2S/c1-12(9-13-7-8-21-10-13)18-16(20)15-11-22-17(19-15)14-5-3-2-4-6-14/h2-8,10-12H,9H2,1H3,(H,18,20)/t12-/m1/s1. The summed E-state index contributed by atoms with van der Waals surface area (Å²) in [5, 5.41) is 5.61. The van der Waals surface area contributed by atoms with E-state index in [1.807, 2.05) is 43.3 Å². The topological polar surface area (TPSA) is 55.1 Å². The van der Waals surface area contributed by atoms with Gasteiger partial charge < -0.3 is 9.73 Å². The Balaban J connectivity index is 1.64. The Hall–Kier alpha value is -2.40. The number of benzene rings is 1. The molecule has 0 aliphatic carbocycles. The van der Waals surface area contributed by atoms with Gasteiger partial charge in [-0.25, -0.2) is 4.98 Å². The molecule has 0 saturated heterocycles. The van der Waals surface area contributed by atoms with Gasteiger partial charge in [0.25, 0.3) is 5.91 Å². The van der Waals surface area contributed by atoms with Gasteiger partial charge in [0.2, 0.25) is 0 Å². The summed E-state index contributed by atoms with van der Waals surface area (Å²) in [6.07, 6.45) is 4.06. The Kier molecular flexibility index (Phi) is 4.34. The van der Waals surface area contributed by atoms with Crippen molar-refractivity contribution in [2.45, 2.75) is 19.4 Å². The molecule has 3 rings (SSSR count). The third kappa shape index (κ3) is 3.43. The molecule has 2 aromatic heterocycles. The van der Waals surface area contributed by atoms with Crippen LogP contribution in [0.1, 0.15) is 23.0 Å². The molecule has 112 valence electrons. The van der Waals surface area contributed by atoms with Gasteiger partial charge in [0.15, 0.2) is 0 Å². The second kappa shape index (κ2) is 6.58. The molecular formula is C17H16N2O2S. The number of nitrogens with one attached hydrogen (secondary N) is 1. The van der Waals surface area contributed by atoms with Crippen molar-refractivity contribution >= 4 is 17.2 Å². The van der Waals surface area contributed by atoms with Crippen LogP contribution in [0.5, 0.6) is 0 Å². The zero-order valence-corrected chi connectivity index (χ0v) is 13.0. The van der Waals surface area contributed by atoms with Gasteiger partial charge in [0, 0.05) is 17.0 Å². The van der Waals surface area contributed by atoms with E-state index < -0.39 is 0 Å². The largest absolute Gasteiger partial charge is 0.472 e. The van der Waals surface area contributed by atoms with Crippen LogP contribution in [-0.4, -0.2) is 16.9 Å². The normalized spacial score (nSPS) is 12.0. The molecule has 0 fully saturated rings. The fourth-order valence-corrected chi connectivity index (χ4v) is 3.01. The molecule has 1 amide bonds. The minimum Gasteiger partial charge on any atom is -0.472 e. The summed E-state index contributed by atoms with van der Waals surface area (Å²) in [4.78, 5) is 16.7. The number of hydrogen-bond acceptors (Lipinski definition) is 4. The monoisotopic (exact) mass is 312 g/mol. The van der Waals surface area contributed by atoms with E-state index in [1.54, 1.807) is 17.9 Å². The zero-order valence-electron chi connectivity index (χ0n) is 12.2. The average molecular weight is 312 g/mol. The molecule has 1 atom stereocenters. The van der Waals surface area contributed by atoms with Gasteiger partial charge in [-0.2, -0.15) is 0 Å². The summed E-state index contributed by atoms with van der Waals surface area (Å²) >= 11 is 1.48. The number of carbonyl (C=O) groups excluding carboxylic acids is 1. The van der Waals surface area contributed by atoms with Crippen LogP contribution in [0.2, 0.25) is 0 Å². The molecule has 0 saturated carbocycles. The number of aromatic nitrogens is 1. The Bertz CT molecular complexity index is 735. The maximum Gasteiger partial charge on any atom is 0.270 e. The van der Waals surface area contributed by atoms with Crippen molar-refractivity contribution in [1.82, 2.24) is 10.3 Å². The molecule has 0 spiro atoms. The number of nitrogens with zero attached hydrogens (tertiary/aromatic N) is 1. The lowest BCUT2D eigenvalue weighted by atomic mass is 10.1. The maximum absolute atomic E-state index is 12.2. The van der Waals surface area contributed by atoms with Gasteiger partial charge in [0.1, 0.15) is 10.7 Å². The van der Waals surface area contributed by atoms with Crippen molar-refractivity contribution in [3.63, 3.8) is 0 Å². The summed E-state index contributed by atoms with van der Waals surface area (Å²) in [6.45, 7) is 1.97. The molecule has 1 N–H and O–H groups in total. The first kappa shape index (κ1) is 14.5.